The van der Waals surface area contributed by atoms with Gasteiger partial charge in [0.15, 0.2) is 0 Å². The Kier molecular flexibility index (Phi) is 5.13. The first kappa shape index (κ1) is 16.2. The lowest BCUT2D eigenvalue weighted by molar-refractivity contribution is 0.160. The molecular formula is C19H27N3O. The molecule has 1 unspecified atom stereocenters. The summed E-state index contributed by atoms with van der Waals surface area (Å²) in [4.78, 5) is 0. The Morgan fingerprint density at radius 2 is 2.13 bits per heavy atom. The summed E-state index contributed by atoms with van der Waals surface area (Å²) in [6.07, 6.45) is 9.50. The van der Waals surface area contributed by atoms with E-state index in [0.29, 0.717) is 0 Å². The Balaban J connectivity index is 1.43. The van der Waals surface area contributed by atoms with E-state index in [1.54, 1.807) is 0 Å². The van der Waals surface area contributed by atoms with Crippen LogP contribution in [-0.4, -0.2) is 28.0 Å². The molecule has 4 nitrogen and oxygen atoms in total. The van der Waals surface area contributed by atoms with Crippen molar-refractivity contribution in [1.29, 1.82) is 0 Å². The van der Waals surface area contributed by atoms with Crippen LogP contribution in [0.1, 0.15) is 42.4 Å². The highest BCUT2D eigenvalue weighted by Crippen LogP contribution is 2.36. The molecule has 0 spiro atoms. The Labute approximate surface area is 138 Å². The molecule has 1 aromatic carbocycles. The summed E-state index contributed by atoms with van der Waals surface area (Å²) in [7, 11) is 0. The van der Waals surface area contributed by atoms with Gasteiger partial charge in [0.2, 0.25) is 0 Å². The monoisotopic (exact) mass is 313 g/mol. The first-order valence-corrected chi connectivity index (χ1v) is 8.67. The third-order valence-corrected chi connectivity index (χ3v) is 4.91. The molecule has 4 heteroatoms. The van der Waals surface area contributed by atoms with Crippen LogP contribution >= 0.6 is 0 Å². The summed E-state index contributed by atoms with van der Waals surface area (Å²) in [6.45, 7) is 4.19. The van der Waals surface area contributed by atoms with Gasteiger partial charge in [0.05, 0.1) is 18.3 Å². The molecule has 0 saturated carbocycles. The third-order valence-electron chi connectivity index (χ3n) is 4.91. The average molecular weight is 313 g/mol. The molecule has 2 N–H and O–H groups in total. The van der Waals surface area contributed by atoms with E-state index in [1.807, 2.05) is 10.9 Å². The van der Waals surface area contributed by atoms with E-state index < -0.39 is 0 Å². The molecule has 0 radical (unpaired) electrons. The van der Waals surface area contributed by atoms with Gasteiger partial charge in [-0.15, -0.1) is 0 Å². The minimum Gasteiger partial charge on any atom is -0.394 e. The fraction of sp³-hybridized carbons (Fsp3) is 0.526. The zero-order valence-electron chi connectivity index (χ0n) is 14.0. The van der Waals surface area contributed by atoms with Gasteiger partial charge in [-0.1, -0.05) is 30.7 Å². The molecule has 1 heterocycles. The number of aliphatic hydroxyl groups excluding tert-OH is 1. The Morgan fingerprint density at radius 3 is 2.91 bits per heavy atom. The first-order valence-electron chi connectivity index (χ1n) is 8.67. The predicted octanol–water partition coefficient (Wildman–Crippen LogP) is 2.79. The lowest BCUT2D eigenvalue weighted by Crippen LogP contribution is -2.44. The third kappa shape index (κ3) is 3.65. The molecule has 0 amide bonds. The van der Waals surface area contributed by atoms with Gasteiger partial charge in [0, 0.05) is 12.7 Å². The van der Waals surface area contributed by atoms with Crippen molar-refractivity contribution in [3.8, 4) is 0 Å². The molecular weight excluding hydrogens is 286 g/mol. The van der Waals surface area contributed by atoms with Crippen LogP contribution in [0.15, 0.2) is 36.7 Å². The number of aryl methyl sites for hydroxylation is 3. The van der Waals surface area contributed by atoms with Crippen molar-refractivity contribution < 1.29 is 5.11 Å². The zero-order chi connectivity index (χ0) is 16.1. The van der Waals surface area contributed by atoms with E-state index in [9.17, 15) is 5.11 Å². The molecule has 1 aliphatic carbocycles. The topological polar surface area (TPSA) is 50.1 Å². The van der Waals surface area contributed by atoms with E-state index in [-0.39, 0.29) is 12.1 Å². The number of unbranched alkanes of at least 4 members (excludes halogenated alkanes) is 2. The van der Waals surface area contributed by atoms with E-state index in [4.69, 9.17) is 0 Å². The van der Waals surface area contributed by atoms with Crippen LogP contribution in [-0.2, 0) is 18.5 Å². The van der Waals surface area contributed by atoms with Crippen molar-refractivity contribution in [3.05, 3.63) is 53.3 Å². The minimum atomic E-state index is -0.226. The molecule has 2 aromatic rings. The molecule has 1 atom stereocenters. The van der Waals surface area contributed by atoms with Gasteiger partial charge in [-0.05, 0) is 55.8 Å². The summed E-state index contributed by atoms with van der Waals surface area (Å²) in [5.41, 5.74) is 3.66. The largest absolute Gasteiger partial charge is 0.394 e. The van der Waals surface area contributed by atoms with Gasteiger partial charge < -0.3 is 10.4 Å². The molecule has 0 aliphatic heterocycles. The molecule has 3 rings (SSSR count). The molecule has 124 valence electrons. The summed E-state index contributed by atoms with van der Waals surface area (Å²) in [5, 5.41) is 17.9. The lowest BCUT2D eigenvalue weighted by Gasteiger charge is -2.30. The van der Waals surface area contributed by atoms with Crippen LogP contribution in [0.25, 0.3) is 0 Å². The van der Waals surface area contributed by atoms with Crippen molar-refractivity contribution in [3.63, 3.8) is 0 Å². The molecule has 0 fully saturated rings. The second-order valence-electron chi connectivity index (χ2n) is 6.67. The Hall–Kier alpha value is -1.65. The highest BCUT2D eigenvalue weighted by atomic mass is 16.3. The zero-order valence-corrected chi connectivity index (χ0v) is 14.0. The summed E-state index contributed by atoms with van der Waals surface area (Å²) >= 11 is 0. The van der Waals surface area contributed by atoms with Crippen LogP contribution in [0.4, 0.5) is 0 Å². The Morgan fingerprint density at radius 1 is 1.26 bits per heavy atom. The van der Waals surface area contributed by atoms with Gasteiger partial charge >= 0.3 is 0 Å². The van der Waals surface area contributed by atoms with Crippen LogP contribution in [0.3, 0.4) is 0 Å². The van der Waals surface area contributed by atoms with Gasteiger partial charge in [-0.2, -0.15) is 5.10 Å². The van der Waals surface area contributed by atoms with Crippen molar-refractivity contribution in [2.75, 3.05) is 13.2 Å². The number of hydrogen-bond acceptors (Lipinski definition) is 3. The average Bonchev–Trinajstić information content (AvgIpc) is 3.15. The maximum Gasteiger partial charge on any atom is 0.0674 e. The van der Waals surface area contributed by atoms with E-state index in [2.05, 4.69) is 47.8 Å². The van der Waals surface area contributed by atoms with Gasteiger partial charge in [-0.25, -0.2) is 0 Å². The van der Waals surface area contributed by atoms with Gasteiger partial charge in [0.25, 0.3) is 0 Å². The van der Waals surface area contributed by atoms with Crippen LogP contribution < -0.4 is 5.32 Å². The van der Waals surface area contributed by atoms with Gasteiger partial charge in [-0.3, -0.25) is 4.68 Å². The molecule has 0 bridgehead atoms. The highest BCUT2D eigenvalue weighted by Gasteiger charge is 2.37. The number of aliphatic hydroxyl groups is 1. The van der Waals surface area contributed by atoms with Crippen molar-refractivity contribution >= 4 is 0 Å². The smallest absolute Gasteiger partial charge is 0.0674 e. The van der Waals surface area contributed by atoms with E-state index in [0.717, 1.165) is 38.8 Å². The Bertz CT molecular complexity index is 637. The lowest BCUT2D eigenvalue weighted by atomic mass is 9.92. The number of fused-ring (bicyclic) bond motifs is 1. The van der Waals surface area contributed by atoms with E-state index in [1.165, 1.54) is 23.1 Å². The second-order valence-corrected chi connectivity index (χ2v) is 6.67. The van der Waals surface area contributed by atoms with Crippen LogP contribution in [0.5, 0.6) is 0 Å². The molecule has 23 heavy (non-hydrogen) atoms. The second kappa shape index (κ2) is 7.28. The molecule has 0 saturated heterocycles. The summed E-state index contributed by atoms with van der Waals surface area (Å²) in [6, 6.07) is 8.50. The van der Waals surface area contributed by atoms with Crippen molar-refractivity contribution in [2.24, 2.45) is 0 Å². The van der Waals surface area contributed by atoms with Crippen LogP contribution in [0.2, 0.25) is 0 Å². The minimum absolute atomic E-state index is 0.177. The van der Waals surface area contributed by atoms with E-state index >= 15 is 0 Å². The summed E-state index contributed by atoms with van der Waals surface area (Å²) in [5.74, 6) is 0. The maximum absolute atomic E-state index is 9.94. The quantitative estimate of drug-likeness (QED) is 0.737. The number of rotatable bonds is 8. The number of benzene rings is 1. The highest BCUT2D eigenvalue weighted by molar-refractivity contribution is 5.38. The number of aromatic nitrogens is 2. The van der Waals surface area contributed by atoms with Gasteiger partial charge in [0.1, 0.15) is 0 Å². The fourth-order valence-corrected chi connectivity index (χ4v) is 3.58. The molecule has 1 aliphatic rings. The molecule has 1 aromatic heterocycles. The maximum atomic E-state index is 9.94. The normalized spacial score (nSPS) is 19.9. The standard InChI is InChI=1S/C19H27N3O/c1-16-13-21-22(14-16)12-6-2-5-11-20-19(15-23)10-9-17-7-3-4-8-18(17)19/h3-4,7-8,13-14,20,23H,2,5-6,9-12,15H2,1H3. The first-order chi connectivity index (χ1) is 11.2. The van der Waals surface area contributed by atoms with Crippen LogP contribution in [0, 0.1) is 6.92 Å². The number of nitrogens with one attached hydrogen (secondary N) is 1. The number of hydrogen-bond donors (Lipinski definition) is 2. The van der Waals surface area contributed by atoms with Crippen molar-refractivity contribution in [2.45, 2.75) is 51.1 Å². The predicted molar refractivity (Wildman–Crippen MR) is 92.3 cm³/mol. The number of nitrogens with zero attached hydrogens (tertiary/aromatic N) is 2. The fourth-order valence-electron chi connectivity index (χ4n) is 3.58. The SMILES string of the molecule is Cc1cnn(CCCCCNC2(CO)CCc3ccccc32)c1. The summed E-state index contributed by atoms with van der Waals surface area (Å²) < 4.78 is 2.02. The van der Waals surface area contributed by atoms with Crippen molar-refractivity contribution in [1.82, 2.24) is 15.1 Å².